The predicted molar refractivity (Wildman–Crippen MR) is 84.7 cm³/mol. The topological polar surface area (TPSA) is 42.2 Å². The van der Waals surface area contributed by atoms with E-state index in [1.165, 1.54) is 19.3 Å². The van der Waals surface area contributed by atoms with E-state index in [4.69, 9.17) is 0 Å². The van der Waals surface area contributed by atoms with E-state index >= 15 is 0 Å². The molecule has 3 nitrogen and oxygen atoms in total. The summed E-state index contributed by atoms with van der Waals surface area (Å²) in [5.74, 6) is 0.0794. The van der Waals surface area contributed by atoms with Crippen molar-refractivity contribution in [1.29, 1.82) is 0 Å². The SMILES string of the molecule is Cc1cc(O)c(-c2ccccc2)c(=O)n1C1CCCCC1. The lowest BCUT2D eigenvalue weighted by Gasteiger charge is -2.26. The Morgan fingerprint density at radius 1 is 1.10 bits per heavy atom. The quantitative estimate of drug-likeness (QED) is 0.904. The Morgan fingerprint density at radius 2 is 1.76 bits per heavy atom. The Balaban J connectivity index is 2.16. The van der Waals surface area contributed by atoms with Gasteiger partial charge in [-0.3, -0.25) is 4.79 Å². The highest BCUT2D eigenvalue weighted by Gasteiger charge is 2.21. The second kappa shape index (κ2) is 5.76. The maximum atomic E-state index is 12.9. The van der Waals surface area contributed by atoms with Crippen molar-refractivity contribution in [3.05, 3.63) is 52.4 Å². The molecule has 21 heavy (non-hydrogen) atoms. The van der Waals surface area contributed by atoms with Crippen LogP contribution in [0.15, 0.2) is 41.2 Å². The standard InChI is InChI=1S/C18H21NO2/c1-13-12-16(20)17(14-8-4-2-5-9-14)18(21)19(13)15-10-6-3-7-11-15/h2,4-5,8-9,12,15,20H,3,6-7,10-11H2,1H3. The number of pyridine rings is 1. The van der Waals surface area contributed by atoms with Gasteiger partial charge in [0.25, 0.3) is 5.56 Å². The third-order valence-electron chi connectivity index (χ3n) is 4.42. The van der Waals surface area contributed by atoms with Gasteiger partial charge in [0.15, 0.2) is 0 Å². The van der Waals surface area contributed by atoms with E-state index in [1.54, 1.807) is 6.07 Å². The Labute approximate surface area is 124 Å². The minimum atomic E-state index is -0.0643. The maximum Gasteiger partial charge on any atom is 0.262 e. The lowest BCUT2D eigenvalue weighted by molar-refractivity contribution is 0.340. The van der Waals surface area contributed by atoms with Gasteiger partial charge < -0.3 is 9.67 Å². The van der Waals surface area contributed by atoms with Gasteiger partial charge in [-0.25, -0.2) is 0 Å². The summed E-state index contributed by atoms with van der Waals surface area (Å²) >= 11 is 0. The van der Waals surface area contributed by atoms with Gasteiger partial charge in [-0.05, 0) is 25.3 Å². The molecular formula is C18H21NO2. The van der Waals surface area contributed by atoms with Crippen LogP contribution >= 0.6 is 0 Å². The molecule has 1 aliphatic rings. The van der Waals surface area contributed by atoms with Crippen LogP contribution < -0.4 is 5.56 Å². The summed E-state index contributed by atoms with van der Waals surface area (Å²) in [6, 6.07) is 11.4. The van der Waals surface area contributed by atoms with Gasteiger partial charge in [0.2, 0.25) is 0 Å². The lowest BCUT2D eigenvalue weighted by Crippen LogP contribution is -2.29. The molecule has 0 radical (unpaired) electrons. The van der Waals surface area contributed by atoms with Crippen LogP contribution in [0.5, 0.6) is 5.75 Å². The Hall–Kier alpha value is -2.03. The molecule has 1 saturated carbocycles. The molecular weight excluding hydrogens is 262 g/mol. The monoisotopic (exact) mass is 283 g/mol. The number of nitrogens with zero attached hydrogens (tertiary/aromatic N) is 1. The molecule has 3 rings (SSSR count). The van der Waals surface area contributed by atoms with Crippen LogP contribution in [0.1, 0.15) is 43.8 Å². The zero-order valence-electron chi connectivity index (χ0n) is 12.4. The van der Waals surface area contributed by atoms with E-state index in [1.807, 2.05) is 41.8 Å². The van der Waals surface area contributed by atoms with Crippen molar-refractivity contribution in [1.82, 2.24) is 4.57 Å². The van der Waals surface area contributed by atoms with Crippen LogP contribution in [0, 0.1) is 6.92 Å². The number of benzene rings is 1. The second-order valence-electron chi connectivity index (χ2n) is 5.88. The Morgan fingerprint density at radius 3 is 2.43 bits per heavy atom. The summed E-state index contributed by atoms with van der Waals surface area (Å²) in [7, 11) is 0. The van der Waals surface area contributed by atoms with Crippen molar-refractivity contribution in [3.8, 4) is 16.9 Å². The van der Waals surface area contributed by atoms with Crippen LogP contribution in [0.3, 0.4) is 0 Å². The van der Waals surface area contributed by atoms with Crippen LogP contribution in [-0.2, 0) is 0 Å². The van der Waals surface area contributed by atoms with Gasteiger partial charge in [-0.15, -0.1) is 0 Å². The number of hydrogen-bond acceptors (Lipinski definition) is 2. The molecule has 1 N–H and O–H groups in total. The van der Waals surface area contributed by atoms with Crippen LogP contribution in [0.4, 0.5) is 0 Å². The van der Waals surface area contributed by atoms with Gasteiger partial charge in [0, 0.05) is 17.8 Å². The molecule has 1 fully saturated rings. The zero-order valence-corrected chi connectivity index (χ0v) is 12.4. The molecule has 1 aliphatic carbocycles. The largest absolute Gasteiger partial charge is 0.507 e. The fourth-order valence-corrected chi connectivity index (χ4v) is 3.40. The van der Waals surface area contributed by atoms with Crippen LogP contribution in [0.2, 0.25) is 0 Å². The average Bonchev–Trinajstić information content (AvgIpc) is 2.49. The van der Waals surface area contributed by atoms with Gasteiger partial charge in [-0.1, -0.05) is 49.6 Å². The summed E-state index contributed by atoms with van der Waals surface area (Å²) in [5, 5.41) is 10.2. The van der Waals surface area contributed by atoms with Crippen molar-refractivity contribution >= 4 is 0 Å². The van der Waals surface area contributed by atoms with E-state index in [9.17, 15) is 9.90 Å². The first kappa shape index (κ1) is 13.9. The minimum absolute atomic E-state index is 0.0643. The third-order valence-corrected chi connectivity index (χ3v) is 4.42. The van der Waals surface area contributed by atoms with Crippen molar-refractivity contribution in [2.45, 2.75) is 45.1 Å². The normalized spacial score (nSPS) is 16.0. The van der Waals surface area contributed by atoms with Crippen molar-refractivity contribution in [3.63, 3.8) is 0 Å². The summed E-state index contributed by atoms with van der Waals surface area (Å²) in [6.07, 6.45) is 5.73. The summed E-state index contributed by atoms with van der Waals surface area (Å²) in [5.41, 5.74) is 1.99. The van der Waals surface area contributed by atoms with Gasteiger partial charge in [0.05, 0.1) is 5.56 Å². The molecule has 1 aromatic heterocycles. The first-order chi connectivity index (χ1) is 10.2. The second-order valence-corrected chi connectivity index (χ2v) is 5.88. The lowest BCUT2D eigenvalue weighted by atomic mass is 9.94. The number of aryl methyl sites for hydroxylation is 1. The minimum Gasteiger partial charge on any atom is -0.507 e. The predicted octanol–water partition coefficient (Wildman–Crippen LogP) is 4.03. The molecule has 0 aliphatic heterocycles. The van der Waals surface area contributed by atoms with E-state index in [2.05, 4.69) is 0 Å². The Kier molecular flexibility index (Phi) is 3.82. The third kappa shape index (κ3) is 2.60. The number of rotatable bonds is 2. The molecule has 0 spiro atoms. The molecule has 0 atom stereocenters. The molecule has 0 unspecified atom stereocenters. The van der Waals surface area contributed by atoms with Gasteiger partial charge in [-0.2, -0.15) is 0 Å². The summed E-state index contributed by atoms with van der Waals surface area (Å²) < 4.78 is 1.89. The number of aromatic hydroxyl groups is 1. The van der Waals surface area contributed by atoms with E-state index in [-0.39, 0.29) is 17.4 Å². The van der Waals surface area contributed by atoms with Crippen molar-refractivity contribution in [2.75, 3.05) is 0 Å². The highest BCUT2D eigenvalue weighted by atomic mass is 16.3. The molecule has 2 aromatic rings. The molecule has 0 saturated heterocycles. The van der Waals surface area contributed by atoms with E-state index in [0.29, 0.717) is 5.56 Å². The first-order valence-electron chi connectivity index (χ1n) is 7.69. The average molecular weight is 283 g/mol. The maximum absolute atomic E-state index is 12.9. The molecule has 1 aromatic carbocycles. The highest BCUT2D eigenvalue weighted by molar-refractivity contribution is 5.69. The number of hydrogen-bond donors (Lipinski definition) is 1. The van der Waals surface area contributed by atoms with Crippen LogP contribution in [-0.4, -0.2) is 9.67 Å². The molecule has 0 bridgehead atoms. The fourth-order valence-electron chi connectivity index (χ4n) is 3.40. The number of aromatic nitrogens is 1. The first-order valence-corrected chi connectivity index (χ1v) is 7.69. The molecule has 3 heteroatoms. The Bertz CT molecular complexity index is 682. The van der Waals surface area contributed by atoms with E-state index in [0.717, 1.165) is 24.1 Å². The fraction of sp³-hybridized carbons (Fsp3) is 0.389. The van der Waals surface area contributed by atoms with Gasteiger partial charge in [0.1, 0.15) is 5.75 Å². The van der Waals surface area contributed by atoms with Crippen LogP contribution in [0.25, 0.3) is 11.1 Å². The van der Waals surface area contributed by atoms with Crippen molar-refractivity contribution in [2.24, 2.45) is 0 Å². The summed E-state index contributed by atoms with van der Waals surface area (Å²) in [4.78, 5) is 12.9. The van der Waals surface area contributed by atoms with Gasteiger partial charge >= 0.3 is 0 Å². The molecule has 0 amide bonds. The molecule has 1 heterocycles. The van der Waals surface area contributed by atoms with E-state index < -0.39 is 0 Å². The van der Waals surface area contributed by atoms with Crippen molar-refractivity contribution < 1.29 is 5.11 Å². The smallest absolute Gasteiger partial charge is 0.262 e. The molecule has 110 valence electrons. The highest BCUT2D eigenvalue weighted by Crippen LogP contribution is 2.31. The zero-order chi connectivity index (χ0) is 14.8. The summed E-state index contributed by atoms with van der Waals surface area (Å²) in [6.45, 7) is 1.91.